The molecular weight excluding hydrogens is 386 g/mol. The van der Waals surface area contributed by atoms with E-state index in [-0.39, 0.29) is 12.5 Å². The predicted octanol–water partition coefficient (Wildman–Crippen LogP) is 6.00. The summed E-state index contributed by atoms with van der Waals surface area (Å²) in [6, 6.07) is 0. The minimum absolute atomic E-state index is 0.141. The second-order valence-corrected chi connectivity index (χ2v) is 10.4. The number of carboxylic acids is 1. The Morgan fingerprint density at radius 2 is 1.13 bits per heavy atom. The summed E-state index contributed by atoms with van der Waals surface area (Å²) in [5.41, 5.74) is 0. The van der Waals surface area contributed by atoms with Crippen molar-refractivity contribution in [2.45, 2.75) is 141 Å². The molecule has 0 aromatic carbocycles. The fourth-order valence-corrected chi connectivity index (χ4v) is 4.49. The van der Waals surface area contributed by atoms with Gasteiger partial charge in [-0.3, -0.25) is 0 Å². The van der Waals surface area contributed by atoms with Crippen LogP contribution in [-0.2, 0) is 4.79 Å². The van der Waals surface area contributed by atoms with Gasteiger partial charge in [0.25, 0.3) is 0 Å². The summed E-state index contributed by atoms with van der Waals surface area (Å²) in [6.45, 7) is 3.94. The molecule has 1 atom stereocenters. The zero-order chi connectivity index (χ0) is 23.2. The number of rotatable bonds is 24. The number of likely N-dealkylation sites (N-methyl/N-ethyl adjacent to an activating group) is 1. The van der Waals surface area contributed by atoms with Crippen LogP contribution in [0.25, 0.3) is 0 Å². The summed E-state index contributed by atoms with van der Waals surface area (Å²) in [4.78, 5) is 10.5. The van der Waals surface area contributed by atoms with Crippen LogP contribution in [0.4, 0.5) is 0 Å². The van der Waals surface area contributed by atoms with Crippen molar-refractivity contribution in [1.29, 1.82) is 0 Å². The average molecular weight is 442 g/mol. The monoisotopic (exact) mass is 441 g/mol. The zero-order valence-electron chi connectivity index (χ0n) is 21.3. The molecule has 4 nitrogen and oxygen atoms in total. The maximum atomic E-state index is 10.5. The largest absolute Gasteiger partial charge is 0.550 e. The van der Waals surface area contributed by atoms with Gasteiger partial charge in [0.2, 0.25) is 0 Å². The molecule has 0 aliphatic heterocycles. The molecule has 186 valence electrons. The van der Waals surface area contributed by atoms with E-state index in [0.29, 0.717) is 6.42 Å². The molecule has 1 unspecified atom stereocenters. The van der Waals surface area contributed by atoms with E-state index >= 15 is 0 Å². The summed E-state index contributed by atoms with van der Waals surface area (Å²) >= 11 is 0. The van der Waals surface area contributed by atoms with Crippen molar-refractivity contribution in [2.24, 2.45) is 0 Å². The number of aliphatic hydroxyl groups is 1. The fraction of sp³-hybridized carbons (Fsp3) is 0.963. The number of unbranched alkanes of at least 4 members (excludes halogenated alkanes) is 16. The number of aliphatic hydroxyl groups excluding tert-OH is 1. The maximum Gasteiger partial charge on any atom is 0.105 e. The summed E-state index contributed by atoms with van der Waals surface area (Å²) in [5.74, 6) is -0.964. The first-order valence-corrected chi connectivity index (χ1v) is 13.6. The highest BCUT2D eigenvalue weighted by Crippen LogP contribution is 2.15. The molecule has 0 saturated heterocycles. The van der Waals surface area contributed by atoms with Crippen LogP contribution in [0.5, 0.6) is 0 Å². The van der Waals surface area contributed by atoms with Gasteiger partial charge in [-0.25, -0.2) is 0 Å². The topological polar surface area (TPSA) is 60.4 Å². The van der Waals surface area contributed by atoms with Gasteiger partial charge < -0.3 is 19.5 Å². The van der Waals surface area contributed by atoms with E-state index in [9.17, 15) is 15.0 Å². The first kappa shape index (κ1) is 30.4. The maximum absolute atomic E-state index is 10.5. The molecule has 0 aromatic heterocycles. The molecule has 0 amide bonds. The molecule has 0 heterocycles. The zero-order valence-corrected chi connectivity index (χ0v) is 21.3. The Bertz CT molecular complexity index is 398. The Hall–Kier alpha value is -0.610. The smallest absolute Gasteiger partial charge is 0.105 e. The summed E-state index contributed by atoms with van der Waals surface area (Å²) in [6.07, 6.45) is 24.3. The molecule has 0 aliphatic rings. The molecule has 0 radical (unpaired) electrons. The lowest BCUT2D eigenvalue weighted by Crippen LogP contribution is -2.46. The van der Waals surface area contributed by atoms with E-state index < -0.39 is 5.97 Å². The quantitative estimate of drug-likeness (QED) is 0.148. The predicted molar refractivity (Wildman–Crippen MR) is 131 cm³/mol. The lowest BCUT2D eigenvalue weighted by atomic mass is 10.0. The Morgan fingerprint density at radius 3 is 1.55 bits per heavy atom. The highest BCUT2D eigenvalue weighted by Gasteiger charge is 2.19. The van der Waals surface area contributed by atoms with Crippen LogP contribution >= 0.6 is 0 Å². The third kappa shape index (κ3) is 23.9. The number of hydrogen-bond donors (Lipinski definition) is 1. The molecule has 0 rings (SSSR count). The van der Waals surface area contributed by atoms with Crippen LogP contribution < -0.4 is 5.11 Å². The second-order valence-electron chi connectivity index (χ2n) is 10.4. The van der Waals surface area contributed by atoms with Gasteiger partial charge in [0, 0.05) is 5.97 Å². The van der Waals surface area contributed by atoms with Crippen molar-refractivity contribution in [2.75, 3.05) is 27.2 Å². The van der Waals surface area contributed by atoms with Crippen LogP contribution in [0.2, 0.25) is 0 Å². The van der Waals surface area contributed by atoms with Crippen LogP contribution in [0.3, 0.4) is 0 Å². The first-order chi connectivity index (χ1) is 14.9. The lowest BCUT2D eigenvalue weighted by Gasteiger charge is -2.32. The Kier molecular flexibility index (Phi) is 20.8. The van der Waals surface area contributed by atoms with Crippen molar-refractivity contribution in [3.05, 3.63) is 0 Å². The third-order valence-corrected chi connectivity index (χ3v) is 6.49. The van der Waals surface area contributed by atoms with Gasteiger partial charge in [0.05, 0.1) is 20.6 Å². The van der Waals surface area contributed by atoms with Gasteiger partial charge in [-0.2, -0.15) is 0 Å². The standard InChI is InChI=1S/C27H55NO3/c1-4-5-6-7-8-9-10-11-12-13-14-15-16-17-18-19-22-26(29)25-28(2,3)24-21-20-23-27(30)31/h26,29H,4-25H2,1-3H3. The van der Waals surface area contributed by atoms with E-state index in [4.69, 9.17) is 0 Å². The first-order valence-electron chi connectivity index (χ1n) is 13.6. The van der Waals surface area contributed by atoms with Gasteiger partial charge in [0.15, 0.2) is 0 Å². The van der Waals surface area contributed by atoms with Crippen LogP contribution in [0, 0.1) is 0 Å². The lowest BCUT2D eigenvalue weighted by molar-refractivity contribution is -0.893. The van der Waals surface area contributed by atoms with Crippen LogP contribution in [0.15, 0.2) is 0 Å². The van der Waals surface area contributed by atoms with Crippen molar-refractivity contribution in [3.8, 4) is 0 Å². The Labute approximate surface area is 194 Å². The number of nitrogens with zero attached hydrogens (tertiary/aromatic N) is 1. The molecule has 0 aromatic rings. The van der Waals surface area contributed by atoms with E-state index in [1.165, 1.54) is 96.3 Å². The number of carbonyl (C=O) groups is 1. The molecule has 4 heteroatoms. The minimum Gasteiger partial charge on any atom is -0.550 e. The van der Waals surface area contributed by atoms with Crippen molar-refractivity contribution >= 4 is 5.97 Å². The minimum atomic E-state index is -0.964. The highest BCUT2D eigenvalue weighted by atomic mass is 16.4. The average Bonchev–Trinajstić information content (AvgIpc) is 2.70. The van der Waals surface area contributed by atoms with Gasteiger partial charge in [-0.15, -0.1) is 0 Å². The summed E-state index contributed by atoms with van der Waals surface area (Å²) in [7, 11) is 4.24. The second kappa shape index (κ2) is 21.2. The van der Waals surface area contributed by atoms with Gasteiger partial charge >= 0.3 is 0 Å². The fourth-order valence-electron chi connectivity index (χ4n) is 4.49. The van der Waals surface area contributed by atoms with Crippen LogP contribution in [-0.4, -0.2) is 48.8 Å². The number of aliphatic carboxylic acids is 1. The van der Waals surface area contributed by atoms with E-state index in [1.807, 2.05) is 0 Å². The third-order valence-electron chi connectivity index (χ3n) is 6.49. The SMILES string of the molecule is CCCCCCCCCCCCCCCCCCC(O)C[N+](C)(C)CCCCC(=O)[O-]. The van der Waals surface area contributed by atoms with Gasteiger partial charge in [0.1, 0.15) is 12.6 Å². The number of carboxylic acid groups (broad SMARTS) is 1. The molecule has 0 spiro atoms. The van der Waals surface area contributed by atoms with Crippen LogP contribution in [0.1, 0.15) is 135 Å². The number of carbonyl (C=O) groups excluding carboxylic acids is 1. The number of hydrogen-bond acceptors (Lipinski definition) is 3. The summed E-state index contributed by atoms with van der Waals surface area (Å²) in [5, 5.41) is 20.8. The molecule has 0 bridgehead atoms. The van der Waals surface area contributed by atoms with Crippen molar-refractivity contribution in [1.82, 2.24) is 0 Å². The van der Waals surface area contributed by atoms with Gasteiger partial charge in [-0.1, -0.05) is 110 Å². The number of quaternary nitrogens is 1. The van der Waals surface area contributed by atoms with Crippen molar-refractivity contribution < 1.29 is 19.5 Å². The summed E-state index contributed by atoms with van der Waals surface area (Å²) < 4.78 is 0.757. The molecular formula is C27H55NO3. The molecule has 31 heavy (non-hydrogen) atoms. The highest BCUT2D eigenvalue weighted by molar-refractivity contribution is 5.64. The van der Waals surface area contributed by atoms with E-state index in [2.05, 4.69) is 21.0 Å². The van der Waals surface area contributed by atoms with E-state index in [1.54, 1.807) is 0 Å². The molecule has 0 fully saturated rings. The molecule has 0 saturated carbocycles. The molecule has 0 aliphatic carbocycles. The molecule has 1 N–H and O–H groups in total. The normalized spacial score (nSPS) is 12.9. The van der Waals surface area contributed by atoms with Gasteiger partial charge in [-0.05, 0) is 25.7 Å². The van der Waals surface area contributed by atoms with E-state index in [0.717, 1.165) is 36.8 Å². The Balaban J connectivity index is 3.38. The Morgan fingerprint density at radius 1 is 0.710 bits per heavy atom. The van der Waals surface area contributed by atoms with Crippen molar-refractivity contribution in [3.63, 3.8) is 0 Å².